The fraction of sp³-hybridized carbons (Fsp3) is 0.261. The summed E-state index contributed by atoms with van der Waals surface area (Å²) in [5.74, 6) is 0.319. The highest BCUT2D eigenvalue weighted by Crippen LogP contribution is 2.38. The maximum atomic E-state index is 13.1. The lowest BCUT2D eigenvalue weighted by atomic mass is 9.80. The Labute approximate surface area is 168 Å². The average molecular weight is 390 g/mol. The van der Waals surface area contributed by atoms with E-state index in [1.54, 1.807) is 6.26 Å². The summed E-state index contributed by atoms with van der Waals surface area (Å²) >= 11 is 0. The van der Waals surface area contributed by atoms with Gasteiger partial charge < -0.3 is 14.5 Å². The number of pyridine rings is 1. The van der Waals surface area contributed by atoms with E-state index in [4.69, 9.17) is 9.40 Å². The molecule has 1 aromatic carbocycles. The molecule has 0 aliphatic heterocycles. The number of nitrogens with zero attached hydrogens (tertiary/aromatic N) is 1. The lowest BCUT2D eigenvalue weighted by Gasteiger charge is -2.26. The third-order valence-electron chi connectivity index (χ3n) is 5.13. The zero-order valence-electron chi connectivity index (χ0n) is 16.4. The van der Waals surface area contributed by atoms with Gasteiger partial charge in [0.2, 0.25) is 0 Å². The highest BCUT2D eigenvalue weighted by Gasteiger charge is 2.28. The van der Waals surface area contributed by atoms with Crippen molar-refractivity contribution in [2.24, 2.45) is 5.92 Å². The van der Waals surface area contributed by atoms with Crippen molar-refractivity contribution in [1.82, 2.24) is 10.3 Å². The monoisotopic (exact) mass is 390 g/mol. The molecule has 1 atom stereocenters. The zero-order chi connectivity index (χ0) is 20.4. The van der Waals surface area contributed by atoms with Crippen LogP contribution >= 0.6 is 0 Å². The number of furan rings is 1. The van der Waals surface area contributed by atoms with E-state index in [2.05, 4.69) is 17.0 Å². The minimum atomic E-state index is -0.489. The van der Waals surface area contributed by atoms with Crippen LogP contribution in [0.3, 0.4) is 0 Å². The molecule has 0 spiro atoms. The third-order valence-corrected chi connectivity index (χ3v) is 5.13. The van der Waals surface area contributed by atoms with E-state index in [9.17, 15) is 9.59 Å². The molecule has 1 amide bonds. The fourth-order valence-electron chi connectivity index (χ4n) is 3.85. The molecule has 148 valence electrons. The van der Waals surface area contributed by atoms with Crippen LogP contribution in [0, 0.1) is 5.92 Å². The Hall–Kier alpha value is -3.41. The molecule has 0 radical (unpaired) electrons. The summed E-state index contributed by atoms with van der Waals surface area (Å²) in [6.07, 6.45) is 5.22. The summed E-state index contributed by atoms with van der Waals surface area (Å²) in [4.78, 5) is 29.5. The van der Waals surface area contributed by atoms with Crippen LogP contribution in [-0.2, 0) is 16.0 Å². The van der Waals surface area contributed by atoms with Crippen molar-refractivity contribution in [3.05, 3.63) is 65.2 Å². The Morgan fingerprint density at radius 3 is 2.83 bits per heavy atom. The molecular formula is C23H22N2O4. The number of benzene rings is 1. The summed E-state index contributed by atoms with van der Waals surface area (Å²) in [5, 5.41) is 3.47. The smallest absolute Gasteiger partial charge is 0.325 e. The summed E-state index contributed by atoms with van der Waals surface area (Å²) in [6.45, 7) is 1.98. The first-order chi connectivity index (χ1) is 14.1. The quantitative estimate of drug-likeness (QED) is 0.684. The molecule has 29 heavy (non-hydrogen) atoms. The predicted molar refractivity (Wildman–Crippen MR) is 110 cm³/mol. The highest BCUT2D eigenvalue weighted by molar-refractivity contribution is 6.09. The molecule has 1 aliphatic carbocycles. The van der Waals surface area contributed by atoms with E-state index < -0.39 is 5.97 Å². The van der Waals surface area contributed by atoms with Gasteiger partial charge in [0.25, 0.3) is 5.91 Å². The number of nitrogens with one attached hydrogen (secondary N) is 1. The van der Waals surface area contributed by atoms with Gasteiger partial charge >= 0.3 is 5.97 Å². The van der Waals surface area contributed by atoms with Crippen molar-refractivity contribution in [2.75, 3.05) is 13.7 Å². The number of allylic oxidation sites excluding steroid dienone is 1. The minimum Gasteiger partial charge on any atom is -0.468 e. The molecule has 1 unspecified atom stereocenters. The molecule has 0 bridgehead atoms. The number of carbonyl (C=O) groups is 2. The van der Waals surface area contributed by atoms with Crippen LogP contribution in [-0.4, -0.2) is 30.5 Å². The molecule has 1 aliphatic rings. The van der Waals surface area contributed by atoms with Gasteiger partial charge in [-0.1, -0.05) is 25.1 Å². The van der Waals surface area contributed by atoms with Crippen LogP contribution in [0.5, 0.6) is 0 Å². The third kappa shape index (κ3) is 3.78. The Morgan fingerprint density at radius 2 is 2.07 bits per heavy atom. The van der Waals surface area contributed by atoms with Crippen molar-refractivity contribution < 1.29 is 18.7 Å². The molecule has 0 saturated heterocycles. The van der Waals surface area contributed by atoms with Gasteiger partial charge in [-0.3, -0.25) is 9.59 Å². The van der Waals surface area contributed by atoms with Crippen LogP contribution < -0.4 is 5.32 Å². The first-order valence-electron chi connectivity index (χ1n) is 9.58. The Bertz CT molecular complexity index is 1100. The molecule has 6 heteroatoms. The van der Waals surface area contributed by atoms with Gasteiger partial charge in [-0.15, -0.1) is 0 Å². The van der Waals surface area contributed by atoms with Crippen LogP contribution in [0.15, 0.2) is 47.1 Å². The number of esters is 1. The minimum absolute atomic E-state index is 0.175. The zero-order valence-corrected chi connectivity index (χ0v) is 16.4. The second-order valence-electron chi connectivity index (χ2n) is 7.29. The first kappa shape index (κ1) is 18.9. The predicted octanol–water partition coefficient (Wildman–Crippen LogP) is 3.85. The number of fused-ring (bicyclic) bond motifs is 2. The van der Waals surface area contributed by atoms with Crippen LogP contribution in [0.25, 0.3) is 22.6 Å². The number of carbonyl (C=O) groups excluding carboxylic acids is 2. The van der Waals surface area contributed by atoms with Crippen LogP contribution in [0.2, 0.25) is 0 Å². The fourth-order valence-corrected chi connectivity index (χ4v) is 3.85. The van der Waals surface area contributed by atoms with E-state index in [0.717, 1.165) is 46.3 Å². The van der Waals surface area contributed by atoms with Crippen molar-refractivity contribution in [2.45, 2.75) is 19.8 Å². The van der Waals surface area contributed by atoms with Crippen LogP contribution in [0.4, 0.5) is 0 Å². The van der Waals surface area contributed by atoms with Crippen molar-refractivity contribution in [1.29, 1.82) is 0 Å². The lowest BCUT2D eigenvalue weighted by molar-refractivity contribution is -0.139. The summed E-state index contributed by atoms with van der Waals surface area (Å²) in [6, 6.07) is 11.3. The number of hydrogen-bond acceptors (Lipinski definition) is 5. The van der Waals surface area contributed by atoms with E-state index in [1.165, 1.54) is 7.11 Å². The second-order valence-corrected chi connectivity index (χ2v) is 7.29. The Morgan fingerprint density at radius 1 is 1.24 bits per heavy atom. The van der Waals surface area contributed by atoms with E-state index >= 15 is 0 Å². The summed E-state index contributed by atoms with van der Waals surface area (Å²) in [7, 11) is 1.30. The Kier molecular flexibility index (Phi) is 5.16. The molecule has 1 N–H and O–H groups in total. The number of methoxy groups -OCH3 is 1. The van der Waals surface area contributed by atoms with Gasteiger partial charge in [0, 0.05) is 5.39 Å². The van der Waals surface area contributed by atoms with Gasteiger partial charge in [-0.25, -0.2) is 4.98 Å². The van der Waals surface area contributed by atoms with E-state index in [-0.39, 0.29) is 12.5 Å². The van der Waals surface area contributed by atoms with Gasteiger partial charge in [0.1, 0.15) is 12.3 Å². The molecule has 4 rings (SSSR count). The van der Waals surface area contributed by atoms with Gasteiger partial charge in [0.05, 0.1) is 30.1 Å². The standard InChI is InChI=1S/C23H22N2O4/c1-14-10-15(12-16-6-5-9-29-16)22-18(11-14)21(23(27)24-13-20(26)28-2)17-7-3-4-8-19(17)25-22/h3-9,12,14H,10-11,13H2,1-2H3,(H,24,27)/b15-12-. The van der Waals surface area contributed by atoms with Gasteiger partial charge in [-0.05, 0) is 54.2 Å². The number of para-hydroxylation sites is 1. The lowest BCUT2D eigenvalue weighted by Crippen LogP contribution is -2.32. The molecule has 3 aromatic rings. The number of aromatic nitrogens is 1. The molecule has 2 aromatic heterocycles. The largest absolute Gasteiger partial charge is 0.468 e. The molecule has 2 heterocycles. The topological polar surface area (TPSA) is 81.4 Å². The number of ether oxygens (including phenoxy) is 1. The average Bonchev–Trinajstić information content (AvgIpc) is 3.23. The van der Waals surface area contributed by atoms with Crippen LogP contribution in [0.1, 0.15) is 40.7 Å². The van der Waals surface area contributed by atoms with Crippen molar-refractivity contribution >= 4 is 34.4 Å². The molecular weight excluding hydrogens is 368 g/mol. The molecule has 6 nitrogen and oxygen atoms in total. The first-order valence-corrected chi connectivity index (χ1v) is 9.58. The second kappa shape index (κ2) is 7.91. The van der Waals surface area contributed by atoms with E-state index in [1.807, 2.05) is 42.5 Å². The summed E-state index contributed by atoms with van der Waals surface area (Å²) < 4.78 is 10.1. The number of hydrogen-bond donors (Lipinski definition) is 1. The maximum absolute atomic E-state index is 13.1. The van der Waals surface area contributed by atoms with Crippen molar-refractivity contribution in [3.8, 4) is 0 Å². The van der Waals surface area contributed by atoms with Gasteiger partial charge in [0.15, 0.2) is 0 Å². The SMILES string of the molecule is COC(=O)CNC(=O)c1c2c(nc3ccccc13)/C(=C\c1ccco1)CC(C)C2. The number of rotatable bonds is 4. The maximum Gasteiger partial charge on any atom is 0.325 e. The van der Waals surface area contributed by atoms with Gasteiger partial charge in [-0.2, -0.15) is 0 Å². The number of amides is 1. The highest BCUT2D eigenvalue weighted by atomic mass is 16.5. The van der Waals surface area contributed by atoms with Crippen molar-refractivity contribution in [3.63, 3.8) is 0 Å². The van der Waals surface area contributed by atoms with E-state index in [0.29, 0.717) is 11.5 Å². The molecule has 0 fully saturated rings. The molecule has 0 saturated carbocycles. The Balaban J connectivity index is 1.87. The normalized spacial score (nSPS) is 17.2. The summed E-state index contributed by atoms with van der Waals surface area (Å²) in [5.41, 5.74) is 4.09.